The molecule has 2 rings (SSSR count). The van der Waals surface area contributed by atoms with Gasteiger partial charge in [0.15, 0.2) is 11.5 Å². The lowest BCUT2D eigenvalue weighted by molar-refractivity contribution is -0.130. The number of ether oxygens (including phenoxy) is 1. The Morgan fingerprint density at radius 1 is 1.30 bits per heavy atom. The van der Waals surface area contributed by atoms with Gasteiger partial charge in [-0.05, 0) is 24.6 Å². The van der Waals surface area contributed by atoms with Crippen molar-refractivity contribution in [2.45, 2.75) is 20.4 Å². The van der Waals surface area contributed by atoms with E-state index in [0.29, 0.717) is 12.4 Å². The van der Waals surface area contributed by atoms with E-state index < -0.39 is 0 Å². The predicted molar refractivity (Wildman–Crippen MR) is 76.8 cm³/mol. The van der Waals surface area contributed by atoms with Gasteiger partial charge in [-0.15, -0.1) is 0 Å². The molecular formula is C15H22N2O3. The molecule has 0 aliphatic carbocycles. The number of phenols is 1. The fourth-order valence-corrected chi connectivity index (χ4v) is 2.41. The molecule has 0 spiro atoms. The van der Waals surface area contributed by atoms with Crippen molar-refractivity contribution in [1.29, 1.82) is 0 Å². The topological polar surface area (TPSA) is 53.0 Å². The highest BCUT2D eigenvalue weighted by molar-refractivity contribution is 5.73. The number of carbonyl (C=O) groups excluding carboxylic acids is 1. The molecule has 1 aromatic rings. The SMILES string of the molecule is CCOc1cc(CN2CCN(C(C)=O)CC2)ccc1O. The molecule has 0 atom stereocenters. The maximum Gasteiger partial charge on any atom is 0.219 e. The third kappa shape index (κ3) is 3.63. The van der Waals surface area contributed by atoms with Crippen molar-refractivity contribution in [3.05, 3.63) is 23.8 Å². The summed E-state index contributed by atoms with van der Waals surface area (Å²) in [7, 11) is 0. The van der Waals surface area contributed by atoms with Crippen LogP contribution in [0.3, 0.4) is 0 Å². The lowest BCUT2D eigenvalue weighted by Gasteiger charge is -2.34. The molecule has 1 aromatic carbocycles. The van der Waals surface area contributed by atoms with Crippen molar-refractivity contribution < 1.29 is 14.6 Å². The molecule has 1 aliphatic rings. The zero-order valence-electron chi connectivity index (χ0n) is 12.1. The first-order valence-electron chi connectivity index (χ1n) is 7.02. The smallest absolute Gasteiger partial charge is 0.219 e. The number of piperazine rings is 1. The Morgan fingerprint density at radius 3 is 2.60 bits per heavy atom. The van der Waals surface area contributed by atoms with Gasteiger partial charge in [0.2, 0.25) is 5.91 Å². The summed E-state index contributed by atoms with van der Waals surface area (Å²) in [6, 6.07) is 5.47. The lowest BCUT2D eigenvalue weighted by Crippen LogP contribution is -2.47. The van der Waals surface area contributed by atoms with Gasteiger partial charge in [0.05, 0.1) is 6.61 Å². The Hall–Kier alpha value is -1.75. The third-order valence-electron chi connectivity index (χ3n) is 3.55. The minimum atomic E-state index is 0.146. The minimum Gasteiger partial charge on any atom is -0.504 e. The summed E-state index contributed by atoms with van der Waals surface area (Å²) in [6.45, 7) is 8.18. The Balaban J connectivity index is 1.94. The number of amides is 1. The lowest BCUT2D eigenvalue weighted by atomic mass is 10.1. The highest BCUT2D eigenvalue weighted by Gasteiger charge is 2.18. The molecule has 1 amide bonds. The van der Waals surface area contributed by atoms with Gasteiger partial charge in [-0.2, -0.15) is 0 Å². The van der Waals surface area contributed by atoms with E-state index >= 15 is 0 Å². The summed E-state index contributed by atoms with van der Waals surface area (Å²) in [5.74, 6) is 0.859. The number of aromatic hydroxyl groups is 1. The van der Waals surface area contributed by atoms with Crippen LogP contribution in [-0.4, -0.2) is 53.6 Å². The molecule has 0 saturated carbocycles. The molecular weight excluding hydrogens is 256 g/mol. The number of phenolic OH excluding ortho intramolecular Hbond substituents is 1. The molecule has 1 saturated heterocycles. The molecule has 1 heterocycles. The van der Waals surface area contributed by atoms with Crippen LogP contribution in [0.25, 0.3) is 0 Å². The summed E-state index contributed by atoms with van der Waals surface area (Å²) in [6.07, 6.45) is 0. The van der Waals surface area contributed by atoms with Gasteiger partial charge in [0.1, 0.15) is 0 Å². The van der Waals surface area contributed by atoms with Crippen molar-refractivity contribution in [3.8, 4) is 11.5 Å². The van der Waals surface area contributed by atoms with Gasteiger partial charge in [-0.1, -0.05) is 6.07 Å². The van der Waals surface area contributed by atoms with E-state index in [-0.39, 0.29) is 11.7 Å². The van der Waals surface area contributed by atoms with E-state index in [1.165, 1.54) is 0 Å². The average Bonchev–Trinajstić information content (AvgIpc) is 2.43. The van der Waals surface area contributed by atoms with E-state index in [9.17, 15) is 9.90 Å². The second kappa shape index (κ2) is 6.61. The maximum atomic E-state index is 11.3. The summed E-state index contributed by atoms with van der Waals surface area (Å²) < 4.78 is 5.39. The highest BCUT2D eigenvalue weighted by Crippen LogP contribution is 2.27. The monoisotopic (exact) mass is 278 g/mol. The van der Waals surface area contributed by atoms with Crippen LogP contribution in [0, 0.1) is 0 Å². The standard InChI is InChI=1S/C15H22N2O3/c1-3-20-15-10-13(4-5-14(15)19)11-16-6-8-17(9-7-16)12(2)18/h4-5,10,19H,3,6-9,11H2,1-2H3. The van der Waals surface area contributed by atoms with Crippen LogP contribution >= 0.6 is 0 Å². The maximum absolute atomic E-state index is 11.3. The fourth-order valence-electron chi connectivity index (χ4n) is 2.41. The van der Waals surface area contributed by atoms with Crippen molar-refractivity contribution in [2.24, 2.45) is 0 Å². The Kier molecular flexibility index (Phi) is 4.84. The van der Waals surface area contributed by atoms with E-state index in [1.807, 2.05) is 24.0 Å². The van der Waals surface area contributed by atoms with E-state index in [1.54, 1.807) is 13.0 Å². The summed E-state index contributed by atoms with van der Waals surface area (Å²) >= 11 is 0. The molecule has 0 unspecified atom stereocenters. The summed E-state index contributed by atoms with van der Waals surface area (Å²) in [5.41, 5.74) is 1.11. The van der Waals surface area contributed by atoms with Crippen LogP contribution in [0.1, 0.15) is 19.4 Å². The Morgan fingerprint density at radius 2 is 2.00 bits per heavy atom. The quantitative estimate of drug-likeness (QED) is 0.906. The van der Waals surface area contributed by atoms with Gasteiger partial charge in [0.25, 0.3) is 0 Å². The molecule has 0 radical (unpaired) electrons. The van der Waals surface area contributed by atoms with Crippen molar-refractivity contribution >= 4 is 5.91 Å². The van der Waals surface area contributed by atoms with Crippen LogP contribution in [0.4, 0.5) is 0 Å². The van der Waals surface area contributed by atoms with Gasteiger partial charge in [-0.25, -0.2) is 0 Å². The molecule has 0 aromatic heterocycles. The molecule has 1 aliphatic heterocycles. The van der Waals surface area contributed by atoms with Gasteiger partial charge in [-0.3, -0.25) is 9.69 Å². The normalized spacial score (nSPS) is 16.2. The third-order valence-corrected chi connectivity index (χ3v) is 3.55. The molecule has 5 heteroatoms. The minimum absolute atomic E-state index is 0.146. The highest BCUT2D eigenvalue weighted by atomic mass is 16.5. The first-order chi connectivity index (χ1) is 9.60. The van der Waals surface area contributed by atoms with Crippen molar-refractivity contribution in [2.75, 3.05) is 32.8 Å². The van der Waals surface area contributed by atoms with Gasteiger partial charge in [0, 0.05) is 39.6 Å². The Bertz CT molecular complexity index is 468. The number of nitrogens with zero attached hydrogens (tertiary/aromatic N) is 2. The van der Waals surface area contributed by atoms with E-state index in [0.717, 1.165) is 38.3 Å². The number of hydrogen-bond acceptors (Lipinski definition) is 4. The fraction of sp³-hybridized carbons (Fsp3) is 0.533. The van der Waals surface area contributed by atoms with Gasteiger partial charge >= 0.3 is 0 Å². The van der Waals surface area contributed by atoms with Crippen molar-refractivity contribution in [3.63, 3.8) is 0 Å². The number of hydrogen-bond donors (Lipinski definition) is 1. The predicted octanol–water partition coefficient (Wildman–Crippen LogP) is 1.45. The average molecular weight is 278 g/mol. The first-order valence-corrected chi connectivity index (χ1v) is 7.02. The van der Waals surface area contributed by atoms with Crippen LogP contribution in [0.2, 0.25) is 0 Å². The first kappa shape index (κ1) is 14.7. The van der Waals surface area contributed by atoms with Crippen LogP contribution < -0.4 is 4.74 Å². The number of benzene rings is 1. The molecule has 110 valence electrons. The second-order valence-electron chi connectivity index (χ2n) is 5.02. The van der Waals surface area contributed by atoms with Crippen LogP contribution in [-0.2, 0) is 11.3 Å². The van der Waals surface area contributed by atoms with Crippen LogP contribution in [0.5, 0.6) is 11.5 Å². The Labute approximate surface area is 119 Å². The number of rotatable bonds is 4. The number of carbonyl (C=O) groups is 1. The van der Waals surface area contributed by atoms with E-state index in [4.69, 9.17) is 4.74 Å². The largest absolute Gasteiger partial charge is 0.504 e. The zero-order valence-corrected chi connectivity index (χ0v) is 12.1. The van der Waals surface area contributed by atoms with Crippen molar-refractivity contribution in [1.82, 2.24) is 9.80 Å². The molecule has 0 bridgehead atoms. The zero-order chi connectivity index (χ0) is 14.5. The molecule has 1 N–H and O–H groups in total. The molecule has 20 heavy (non-hydrogen) atoms. The van der Waals surface area contributed by atoms with Crippen LogP contribution in [0.15, 0.2) is 18.2 Å². The molecule has 1 fully saturated rings. The van der Waals surface area contributed by atoms with E-state index in [2.05, 4.69) is 4.90 Å². The second-order valence-corrected chi connectivity index (χ2v) is 5.02. The molecule has 5 nitrogen and oxygen atoms in total. The summed E-state index contributed by atoms with van der Waals surface area (Å²) in [5, 5.41) is 9.68. The van der Waals surface area contributed by atoms with Gasteiger partial charge < -0.3 is 14.7 Å². The summed E-state index contributed by atoms with van der Waals surface area (Å²) in [4.78, 5) is 15.5.